The fraction of sp³-hybridized carbons (Fsp3) is 0.250. The van der Waals surface area contributed by atoms with Crippen molar-refractivity contribution < 1.29 is 8.42 Å². The van der Waals surface area contributed by atoms with Gasteiger partial charge in [0.2, 0.25) is 10.0 Å². The Hall–Kier alpha value is -1.65. The van der Waals surface area contributed by atoms with Crippen LogP contribution in [0.5, 0.6) is 0 Å². The molecule has 4 heteroatoms. The Bertz CT molecular complexity index is 723. The molecule has 1 heterocycles. The summed E-state index contributed by atoms with van der Waals surface area (Å²) in [6.07, 6.45) is 0. The Balaban J connectivity index is 1.94. The van der Waals surface area contributed by atoms with Crippen LogP contribution in [-0.2, 0) is 15.6 Å². The van der Waals surface area contributed by atoms with Crippen molar-refractivity contribution in [1.29, 1.82) is 0 Å². The van der Waals surface area contributed by atoms with Gasteiger partial charge in [0.15, 0.2) is 0 Å². The monoisotopic (exact) mass is 287 g/mol. The van der Waals surface area contributed by atoms with Gasteiger partial charge in [0, 0.05) is 6.54 Å². The third-order valence-electron chi connectivity index (χ3n) is 3.90. The van der Waals surface area contributed by atoms with Crippen LogP contribution >= 0.6 is 0 Å². The summed E-state index contributed by atoms with van der Waals surface area (Å²) in [6, 6.07) is 16.8. The fourth-order valence-electron chi connectivity index (χ4n) is 2.46. The average molecular weight is 287 g/mol. The SMILES string of the molecule is Cc1ccc(S(=O)(=O)N2C[C@]2(C)c2ccccc2)cc1. The minimum Gasteiger partial charge on any atom is -0.207 e. The number of hydrogen-bond donors (Lipinski definition) is 0. The lowest BCUT2D eigenvalue weighted by atomic mass is 10.0. The molecule has 1 aliphatic rings. The van der Waals surface area contributed by atoms with Crippen LogP contribution in [0, 0.1) is 6.92 Å². The predicted molar refractivity (Wildman–Crippen MR) is 78.9 cm³/mol. The topological polar surface area (TPSA) is 37.1 Å². The molecule has 1 saturated heterocycles. The van der Waals surface area contributed by atoms with Crippen molar-refractivity contribution >= 4 is 10.0 Å². The van der Waals surface area contributed by atoms with E-state index in [4.69, 9.17) is 0 Å². The zero-order valence-electron chi connectivity index (χ0n) is 11.6. The van der Waals surface area contributed by atoms with E-state index in [9.17, 15) is 8.42 Å². The highest BCUT2D eigenvalue weighted by molar-refractivity contribution is 7.89. The zero-order valence-corrected chi connectivity index (χ0v) is 12.4. The molecule has 2 atom stereocenters. The van der Waals surface area contributed by atoms with Crippen LogP contribution in [0.15, 0.2) is 59.5 Å². The van der Waals surface area contributed by atoms with Crippen molar-refractivity contribution in [2.24, 2.45) is 0 Å². The molecule has 0 bridgehead atoms. The van der Waals surface area contributed by atoms with Crippen LogP contribution in [0.1, 0.15) is 18.1 Å². The molecule has 20 heavy (non-hydrogen) atoms. The Morgan fingerprint density at radius 3 is 2.20 bits per heavy atom. The highest BCUT2D eigenvalue weighted by atomic mass is 32.2. The van der Waals surface area contributed by atoms with E-state index in [-0.39, 0.29) is 0 Å². The number of aryl methyl sites for hydroxylation is 1. The summed E-state index contributed by atoms with van der Waals surface area (Å²) in [5, 5.41) is 0. The first-order valence-electron chi connectivity index (χ1n) is 6.60. The zero-order chi connectivity index (χ0) is 14.4. The summed E-state index contributed by atoms with van der Waals surface area (Å²) < 4.78 is 26.8. The minimum atomic E-state index is -3.40. The first kappa shape index (κ1) is 13.3. The van der Waals surface area contributed by atoms with Gasteiger partial charge in [0.05, 0.1) is 10.4 Å². The summed E-state index contributed by atoms with van der Waals surface area (Å²) in [7, 11) is -3.40. The number of hydrogen-bond acceptors (Lipinski definition) is 2. The van der Waals surface area contributed by atoms with E-state index >= 15 is 0 Å². The molecule has 1 unspecified atom stereocenters. The van der Waals surface area contributed by atoms with Gasteiger partial charge in [-0.2, -0.15) is 4.31 Å². The smallest absolute Gasteiger partial charge is 0.207 e. The molecule has 3 rings (SSSR count). The van der Waals surface area contributed by atoms with E-state index in [1.54, 1.807) is 16.4 Å². The molecule has 3 nitrogen and oxygen atoms in total. The molecule has 0 amide bonds. The summed E-state index contributed by atoms with van der Waals surface area (Å²) in [5.41, 5.74) is 1.68. The van der Waals surface area contributed by atoms with Crippen LogP contribution in [0.4, 0.5) is 0 Å². The lowest BCUT2D eigenvalue weighted by Crippen LogP contribution is -2.19. The van der Waals surface area contributed by atoms with Gasteiger partial charge >= 0.3 is 0 Å². The van der Waals surface area contributed by atoms with E-state index in [0.29, 0.717) is 11.4 Å². The van der Waals surface area contributed by atoms with Crippen molar-refractivity contribution in [3.63, 3.8) is 0 Å². The molecule has 0 radical (unpaired) electrons. The number of rotatable bonds is 3. The van der Waals surface area contributed by atoms with Gasteiger partial charge in [-0.05, 0) is 31.5 Å². The lowest BCUT2D eigenvalue weighted by Gasteiger charge is -2.13. The number of sulfonamides is 1. The summed E-state index contributed by atoms with van der Waals surface area (Å²) in [4.78, 5) is 0.364. The predicted octanol–water partition coefficient (Wildman–Crippen LogP) is 2.91. The van der Waals surface area contributed by atoms with E-state index in [0.717, 1.165) is 11.1 Å². The maximum atomic E-state index is 12.6. The quantitative estimate of drug-likeness (QED) is 0.814. The maximum absolute atomic E-state index is 12.6. The third kappa shape index (κ3) is 2.05. The maximum Gasteiger partial charge on any atom is 0.243 e. The highest BCUT2D eigenvalue weighted by Gasteiger charge is 2.56. The summed E-state index contributed by atoms with van der Waals surface area (Å²) in [6.45, 7) is 4.45. The fourth-order valence-corrected chi connectivity index (χ4v) is 4.26. The average Bonchev–Trinajstić information content (AvgIpc) is 3.15. The highest BCUT2D eigenvalue weighted by Crippen LogP contribution is 2.46. The van der Waals surface area contributed by atoms with E-state index < -0.39 is 15.6 Å². The molecule has 0 N–H and O–H groups in total. The van der Waals surface area contributed by atoms with Gasteiger partial charge in [0.1, 0.15) is 0 Å². The van der Waals surface area contributed by atoms with Gasteiger partial charge < -0.3 is 0 Å². The van der Waals surface area contributed by atoms with Crippen LogP contribution in [-0.4, -0.2) is 19.3 Å². The largest absolute Gasteiger partial charge is 0.243 e. The second-order valence-electron chi connectivity index (χ2n) is 5.46. The molecule has 2 aromatic carbocycles. The van der Waals surface area contributed by atoms with Crippen LogP contribution in [0.2, 0.25) is 0 Å². The first-order valence-corrected chi connectivity index (χ1v) is 8.04. The minimum absolute atomic E-state index is 0.364. The van der Waals surface area contributed by atoms with Crippen molar-refractivity contribution in [3.8, 4) is 0 Å². The molecule has 1 aliphatic heterocycles. The third-order valence-corrected chi connectivity index (χ3v) is 5.88. The lowest BCUT2D eigenvalue weighted by molar-refractivity contribution is 0.523. The Morgan fingerprint density at radius 2 is 1.60 bits per heavy atom. The summed E-state index contributed by atoms with van der Waals surface area (Å²) >= 11 is 0. The molecule has 2 aromatic rings. The molecular formula is C16H17NO2S. The van der Waals surface area contributed by atoms with Crippen LogP contribution < -0.4 is 0 Å². The van der Waals surface area contributed by atoms with Gasteiger partial charge in [-0.1, -0.05) is 48.0 Å². The Morgan fingerprint density at radius 1 is 1.00 bits per heavy atom. The molecule has 0 saturated carbocycles. The van der Waals surface area contributed by atoms with Crippen molar-refractivity contribution in [1.82, 2.24) is 4.31 Å². The molecule has 0 aromatic heterocycles. The summed E-state index contributed by atoms with van der Waals surface area (Å²) in [5.74, 6) is 0. The first-order chi connectivity index (χ1) is 9.44. The molecule has 0 aliphatic carbocycles. The molecule has 1 fully saturated rings. The molecule has 104 valence electrons. The Kier molecular flexibility index (Phi) is 2.96. The standard InChI is InChI=1S/C16H17NO2S/c1-13-8-10-15(11-9-13)20(18,19)17-12-16(17,2)14-6-4-3-5-7-14/h3-11H,12H2,1-2H3/t16-,17?/m1/s1. The van der Waals surface area contributed by atoms with E-state index in [1.165, 1.54) is 0 Å². The Labute approximate surface area is 119 Å². The van der Waals surface area contributed by atoms with Crippen molar-refractivity contribution in [2.45, 2.75) is 24.3 Å². The van der Waals surface area contributed by atoms with E-state index in [1.807, 2.05) is 56.3 Å². The number of nitrogens with zero attached hydrogens (tertiary/aromatic N) is 1. The normalized spacial score (nSPS) is 25.4. The van der Waals surface area contributed by atoms with Gasteiger partial charge in [-0.25, -0.2) is 8.42 Å². The van der Waals surface area contributed by atoms with E-state index in [2.05, 4.69) is 0 Å². The van der Waals surface area contributed by atoms with Crippen molar-refractivity contribution in [2.75, 3.05) is 6.54 Å². The van der Waals surface area contributed by atoms with Gasteiger partial charge in [-0.15, -0.1) is 0 Å². The second-order valence-corrected chi connectivity index (χ2v) is 7.33. The van der Waals surface area contributed by atoms with Crippen molar-refractivity contribution in [3.05, 3.63) is 65.7 Å². The van der Waals surface area contributed by atoms with Gasteiger partial charge in [-0.3, -0.25) is 0 Å². The number of benzene rings is 2. The molecular weight excluding hydrogens is 270 g/mol. The second kappa shape index (κ2) is 4.43. The molecule has 0 spiro atoms. The van der Waals surface area contributed by atoms with Gasteiger partial charge in [0.25, 0.3) is 0 Å². The van der Waals surface area contributed by atoms with Crippen LogP contribution in [0.3, 0.4) is 0 Å². The van der Waals surface area contributed by atoms with Crippen LogP contribution in [0.25, 0.3) is 0 Å².